The Morgan fingerprint density at radius 2 is 1.61 bits per heavy atom. The highest BCUT2D eigenvalue weighted by Crippen LogP contribution is 2.30. The van der Waals surface area contributed by atoms with Crippen molar-refractivity contribution in [1.82, 2.24) is 0 Å². The zero-order valence-corrected chi connectivity index (χ0v) is 10.8. The van der Waals surface area contributed by atoms with Crippen molar-refractivity contribution in [2.24, 2.45) is 0 Å². The molecule has 1 nitrogen and oxygen atoms in total. The van der Waals surface area contributed by atoms with E-state index in [0.29, 0.717) is 27.4 Å². The molecule has 0 aliphatic rings. The third kappa shape index (κ3) is 3.15. The van der Waals surface area contributed by atoms with Gasteiger partial charge in [0.1, 0.15) is 0 Å². The largest absolute Gasteiger partial charge is 0.398 e. The minimum atomic E-state index is -2.40. The van der Waals surface area contributed by atoms with Gasteiger partial charge in [0.05, 0.1) is 10.7 Å². The predicted molar refractivity (Wildman–Crippen MR) is 73.2 cm³/mol. The molecule has 0 saturated carbocycles. The zero-order chi connectivity index (χ0) is 13.1. The molecule has 0 atom stereocenters. The first kappa shape index (κ1) is 13.2. The number of benzene rings is 2. The van der Waals surface area contributed by atoms with Crippen LogP contribution in [0.4, 0.5) is 14.5 Å². The summed E-state index contributed by atoms with van der Waals surface area (Å²) in [5.74, 6) is -2.40. The van der Waals surface area contributed by atoms with Crippen LogP contribution < -0.4 is 5.73 Å². The molecule has 0 aliphatic heterocycles. The summed E-state index contributed by atoms with van der Waals surface area (Å²) in [6.07, 6.45) is 0. The van der Waals surface area contributed by atoms with Gasteiger partial charge in [0.25, 0.3) is 5.76 Å². The molecular weight excluding hydrogens is 276 g/mol. The van der Waals surface area contributed by atoms with Gasteiger partial charge in [-0.1, -0.05) is 41.6 Å². The van der Waals surface area contributed by atoms with Crippen molar-refractivity contribution in [2.45, 2.75) is 10.7 Å². The third-order valence-corrected chi connectivity index (χ3v) is 3.48. The Kier molecular flexibility index (Phi) is 4.09. The maximum atomic E-state index is 12.2. The van der Waals surface area contributed by atoms with Crippen LogP contribution in [0.3, 0.4) is 0 Å². The molecule has 2 aromatic carbocycles. The molecule has 0 spiro atoms. The fraction of sp³-hybridized carbons (Fsp3) is 0.0769. The second-order valence-corrected chi connectivity index (χ2v) is 5.11. The van der Waals surface area contributed by atoms with Crippen LogP contribution in [0.2, 0.25) is 5.02 Å². The number of alkyl halides is 2. The first-order valence-corrected chi connectivity index (χ1v) is 6.42. The summed E-state index contributed by atoms with van der Waals surface area (Å²) in [5, 5.41) is 0.503. The fourth-order valence-electron chi connectivity index (χ4n) is 1.55. The predicted octanol–water partition coefficient (Wildman–Crippen LogP) is 4.90. The molecule has 0 saturated heterocycles. The summed E-state index contributed by atoms with van der Waals surface area (Å²) in [6.45, 7) is 0. The first-order chi connectivity index (χ1) is 8.56. The molecule has 2 aromatic rings. The van der Waals surface area contributed by atoms with Gasteiger partial charge in [-0.05, 0) is 35.4 Å². The van der Waals surface area contributed by atoms with E-state index in [1.807, 2.05) is 6.07 Å². The normalized spacial score (nSPS) is 10.9. The summed E-state index contributed by atoms with van der Waals surface area (Å²) < 4.78 is 24.3. The molecule has 0 aromatic heterocycles. The fourth-order valence-corrected chi connectivity index (χ4v) is 2.17. The van der Waals surface area contributed by atoms with Crippen molar-refractivity contribution in [3.63, 3.8) is 0 Å². The van der Waals surface area contributed by atoms with E-state index in [1.54, 1.807) is 36.4 Å². The first-order valence-electron chi connectivity index (χ1n) is 5.16. The lowest BCUT2D eigenvalue weighted by atomic mass is 10.1. The van der Waals surface area contributed by atoms with Crippen LogP contribution in [0, 0.1) is 0 Å². The summed E-state index contributed by atoms with van der Waals surface area (Å²) in [7, 11) is 0. The number of thioether (sulfide) groups is 1. The van der Waals surface area contributed by atoms with Gasteiger partial charge in [0.15, 0.2) is 0 Å². The van der Waals surface area contributed by atoms with E-state index in [0.717, 1.165) is 11.1 Å². The van der Waals surface area contributed by atoms with Gasteiger partial charge in [-0.15, -0.1) is 0 Å². The molecule has 0 bridgehead atoms. The monoisotopic (exact) mass is 285 g/mol. The topological polar surface area (TPSA) is 26.0 Å². The van der Waals surface area contributed by atoms with Crippen LogP contribution >= 0.6 is 23.4 Å². The molecule has 0 heterocycles. The van der Waals surface area contributed by atoms with E-state index >= 15 is 0 Å². The number of hydrogen-bond donors (Lipinski definition) is 1. The van der Waals surface area contributed by atoms with E-state index in [2.05, 4.69) is 0 Å². The Hall–Kier alpha value is -1.26. The molecule has 0 amide bonds. The smallest absolute Gasteiger partial charge is 0.288 e. The van der Waals surface area contributed by atoms with Gasteiger partial charge in [-0.25, -0.2) is 0 Å². The van der Waals surface area contributed by atoms with Gasteiger partial charge in [0.2, 0.25) is 0 Å². The lowest BCUT2D eigenvalue weighted by Crippen LogP contribution is -1.87. The number of nitrogens with two attached hydrogens (primary N) is 1. The van der Waals surface area contributed by atoms with Crippen molar-refractivity contribution < 1.29 is 8.78 Å². The van der Waals surface area contributed by atoms with E-state index in [9.17, 15) is 8.78 Å². The van der Waals surface area contributed by atoms with Crippen LogP contribution in [-0.2, 0) is 0 Å². The quantitative estimate of drug-likeness (QED) is 0.641. The number of rotatable bonds is 3. The van der Waals surface area contributed by atoms with Crippen molar-refractivity contribution in [3.8, 4) is 11.1 Å². The summed E-state index contributed by atoms with van der Waals surface area (Å²) in [6, 6.07) is 12.2. The summed E-state index contributed by atoms with van der Waals surface area (Å²) >= 11 is 6.37. The second-order valence-electron chi connectivity index (χ2n) is 3.64. The van der Waals surface area contributed by atoms with E-state index in [1.165, 1.54) is 0 Å². The van der Waals surface area contributed by atoms with Crippen LogP contribution in [0.25, 0.3) is 11.1 Å². The second kappa shape index (κ2) is 5.59. The maximum Gasteiger partial charge on any atom is 0.288 e. The Balaban J connectivity index is 2.25. The Labute approximate surface area is 113 Å². The van der Waals surface area contributed by atoms with Crippen LogP contribution in [0.1, 0.15) is 0 Å². The highest BCUT2D eigenvalue weighted by atomic mass is 35.5. The summed E-state index contributed by atoms with van der Waals surface area (Å²) in [4.78, 5) is 0.538. The van der Waals surface area contributed by atoms with Crippen molar-refractivity contribution in [3.05, 3.63) is 47.5 Å². The SMILES string of the molecule is Nc1cc(-c2ccc(SC(F)F)cc2)ccc1Cl. The number of hydrogen-bond acceptors (Lipinski definition) is 2. The Bertz CT molecular complexity index is 543. The molecule has 18 heavy (non-hydrogen) atoms. The van der Waals surface area contributed by atoms with Crippen LogP contribution in [-0.4, -0.2) is 5.76 Å². The average molecular weight is 286 g/mol. The van der Waals surface area contributed by atoms with Crippen LogP contribution in [0.5, 0.6) is 0 Å². The van der Waals surface area contributed by atoms with E-state index in [4.69, 9.17) is 17.3 Å². The van der Waals surface area contributed by atoms with E-state index < -0.39 is 5.76 Å². The molecule has 2 rings (SSSR count). The van der Waals surface area contributed by atoms with Gasteiger partial charge in [0, 0.05) is 4.90 Å². The lowest BCUT2D eigenvalue weighted by Gasteiger charge is -2.06. The number of halogens is 3. The Morgan fingerprint density at radius 1 is 1.00 bits per heavy atom. The van der Waals surface area contributed by atoms with Crippen molar-refractivity contribution in [2.75, 3.05) is 5.73 Å². The van der Waals surface area contributed by atoms with Crippen molar-refractivity contribution >= 4 is 29.1 Å². The molecule has 0 unspecified atom stereocenters. The Morgan fingerprint density at radius 3 is 2.17 bits per heavy atom. The molecule has 0 radical (unpaired) electrons. The number of nitrogen functional groups attached to an aromatic ring is 1. The lowest BCUT2D eigenvalue weighted by molar-refractivity contribution is 0.252. The standard InChI is InChI=1S/C13H10ClF2NS/c14-11-6-3-9(7-12(11)17)8-1-4-10(5-2-8)18-13(15)16/h1-7,13H,17H2. The third-order valence-electron chi connectivity index (χ3n) is 2.41. The average Bonchev–Trinajstić information content (AvgIpc) is 2.33. The highest BCUT2D eigenvalue weighted by molar-refractivity contribution is 7.99. The minimum absolute atomic E-state index is 0.500. The van der Waals surface area contributed by atoms with Gasteiger partial charge < -0.3 is 5.73 Å². The van der Waals surface area contributed by atoms with Crippen molar-refractivity contribution in [1.29, 1.82) is 0 Å². The van der Waals surface area contributed by atoms with E-state index in [-0.39, 0.29) is 0 Å². The number of anilines is 1. The summed E-state index contributed by atoms with van der Waals surface area (Å²) in [5.41, 5.74) is 8.04. The molecule has 0 aliphatic carbocycles. The molecule has 2 N–H and O–H groups in total. The molecule has 5 heteroatoms. The molecule has 94 valence electrons. The minimum Gasteiger partial charge on any atom is -0.398 e. The molecule has 0 fully saturated rings. The van der Waals surface area contributed by atoms with Crippen LogP contribution in [0.15, 0.2) is 47.4 Å². The molecular formula is C13H10ClF2NS. The van der Waals surface area contributed by atoms with Gasteiger partial charge in [-0.3, -0.25) is 0 Å². The van der Waals surface area contributed by atoms with Gasteiger partial charge in [-0.2, -0.15) is 8.78 Å². The van der Waals surface area contributed by atoms with Gasteiger partial charge >= 0.3 is 0 Å². The zero-order valence-electron chi connectivity index (χ0n) is 9.24. The maximum absolute atomic E-state index is 12.2. The highest BCUT2D eigenvalue weighted by Gasteiger charge is 2.06.